The highest BCUT2D eigenvalue weighted by atomic mass is 16.5. The van der Waals surface area contributed by atoms with Gasteiger partial charge in [-0.25, -0.2) is 0 Å². The number of hydrogen-bond acceptors (Lipinski definition) is 5. The molecule has 0 fully saturated rings. The van der Waals surface area contributed by atoms with Gasteiger partial charge < -0.3 is 25.4 Å². The van der Waals surface area contributed by atoms with Crippen molar-refractivity contribution in [2.75, 3.05) is 30.2 Å². The van der Waals surface area contributed by atoms with E-state index in [1.54, 1.807) is 44.4 Å². The molecule has 0 saturated carbocycles. The van der Waals surface area contributed by atoms with Gasteiger partial charge in [0.25, 0.3) is 0 Å². The van der Waals surface area contributed by atoms with Gasteiger partial charge in [-0.2, -0.15) is 0 Å². The minimum absolute atomic E-state index is 0.178. The van der Waals surface area contributed by atoms with Crippen LogP contribution in [0.25, 0.3) is 0 Å². The van der Waals surface area contributed by atoms with Crippen LogP contribution < -0.4 is 25.4 Å². The van der Waals surface area contributed by atoms with Crippen molar-refractivity contribution in [2.45, 2.75) is 19.9 Å². The summed E-state index contributed by atoms with van der Waals surface area (Å²) in [5.41, 5.74) is 1.80. The van der Waals surface area contributed by atoms with E-state index >= 15 is 0 Å². The molecule has 0 unspecified atom stereocenters. The van der Waals surface area contributed by atoms with Crippen molar-refractivity contribution in [3.63, 3.8) is 0 Å². The van der Waals surface area contributed by atoms with Crippen molar-refractivity contribution in [2.24, 2.45) is 0 Å². The monoisotopic (exact) mass is 357 g/mol. The quantitative estimate of drug-likeness (QED) is 0.709. The summed E-state index contributed by atoms with van der Waals surface area (Å²) in [6.07, 6.45) is 0. The molecular formula is C19H23N3O4. The highest BCUT2D eigenvalue weighted by molar-refractivity contribution is 5.98. The molecule has 7 nitrogen and oxygen atoms in total. The second-order valence-corrected chi connectivity index (χ2v) is 5.65. The summed E-state index contributed by atoms with van der Waals surface area (Å²) in [4.78, 5) is 23.7. The minimum atomic E-state index is -0.554. The highest BCUT2D eigenvalue weighted by Crippen LogP contribution is 2.29. The number of hydrogen-bond donors (Lipinski definition) is 3. The number of anilines is 3. The summed E-state index contributed by atoms with van der Waals surface area (Å²) < 4.78 is 10.6. The number of nitrogens with one attached hydrogen (secondary N) is 3. The highest BCUT2D eigenvalue weighted by Gasteiger charge is 2.17. The number of para-hydroxylation sites is 2. The Morgan fingerprint density at radius 2 is 1.58 bits per heavy atom. The van der Waals surface area contributed by atoms with Gasteiger partial charge >= 0.3 is 0 Å². The molecule has 3 N–H and O–H groups in total. The maximum absolute atomic E-state index is 12.5. The SMILES string of the molecule is COc1ccccc1NC(=O)[C@H](C)Nc1cc(NC(C)=O)ccc1OC. The molecule has 1 atom stereocenters. The molecule has 0 aliphatic heterocycles. The number of amides is 2. The zero-order chi connectivity index (χ0) is 19.1. The third-order valence-electron chi connectivity index (χ3n) is 3.65. The molecule has 0 heterocycles. The van der Waals surface area contributed by atoms with Gasteiger partial charge in [0.15, 0.2) is 0 Å². The Balaban J connectivity index is 2.13. The topological polar surface area (TPSA) is 88.7 Å². The number of carbonyl (C=O) groups is 2. The molecule has 0 radical (unpaired) electrons. The first-order valence-corrected chi connectivity index (χ1v) is 8.10. The van der Waals surface area contributed by atoms with Crippen LogP contribution in [-0.4, -0.2) is 32.1 Å². The third kappa shape index (κ3) is 4.89. The molecule has 138 valence electrons. The van der Waals surface area contributed by atoms with E-state index in [0.29, 0.717) is 28.6 Å². The standard InChI is InChI=1S/C19H23N3O4/c1-12(19(24)22-15-7-5-6-8-17(15)25-3)20-16-11-14(21-13(2)23)9-10-18(16)26-4/h5-12,20H,1-4H3,(H,21,23)(H,22,24)/t12-/m0/s1. The first-order valence-electron chi connectivity index (χ1n) is 8.10. The Labute approximate surface area is 152 Å². The summed E-state index contributed by atoms with van der Waals surface area (Å²) in [6.45, 7) is 3.16. The number of benzene rings is 2. The zero-order valence-corrected chi connectivity index (χ0v) is 15.3. The zero-order valence-electron chi connectivity index (χ0n) is 15.3. The van der Waals surface area contributed by atoms with Gasteiger partial charge in [-0.15, -0.1) is 0 Å². The van der Waals surface area contributed by atoms with E-state index < -0.39 is 6.04 Å². The van der Waals surface area contributed by atoms with Gasteiger partial charge in [-0.1, -0.05) is 12.1 Å². The summed E-state index contributed by atoms with van der Waals surface area (Å²) in [6, 6.07) is 11.8. The molecule has 2 amide bonds. The molecule has 26 heavy (non-hydrogen) atoms. The Hall–Kier alpha value is -3.22. The van der Waals surface area contributed by atoms with Crippen LogP contribution in [0.4, 0.5) is 17.1 Å². The van der Waals surface area contributed by atoms with E-state index in [9.17, 15) is 9.59 Å². The average Bonchev–Trinajstić information content (AvgIpc) is 2.61. The van der Waals surface area contributed by atoms with E-state index in [1.807, 2.05) is 12.1 Å². The molecule has 0 aromatic heterocycles. The fourth-order valence-electron chi connectivity index (χ4n) is 2.39. The second kappa shape index (κ2) is 8.75. The Kier molecular flexibility index (Phi) is 6.43. The number of ether oxygens (including phenoxy) is 2. The van der Waals surface area contributed by atoms with Gasteiger partial charge in [-0.05, 0) is 37.3 Å². The van der Waals surface area contributed by atoms with Crippen LogP contribution in [-0.2, 0) is 9.59 Å². The summed E-state index contributed by atoms with van der Waals surface area (Å²) in [5.74, 6) is 0.735. The van der Waals surface area contributed by atoms with Crippen LogP contribution in [0.15, 0.2) is 42.5 Å². The van der Waals surface area contributed by atoms with Gasteiger partial charge in [0.2, 0.25) is 11.8 Å². The molecule has 0 bridgehead atoms. The lowest BCUT2D eigenvalue weighted by molar-refractivity contribution is -0.116. The lowest BCUT2D eigenvalue weighted by Gasteiger charge is -2.19. The van der Waals surface area contributed by atoms with Crippen molar-refractivity contribution in [1.82, 2.24) is 0 Å². The van der Waals surface area contributed by atoms with Crippen molar-refractivity contribution in [3.8, 4) is 11.5 Å². The summed E-state index contributed by atoms with van der Waals surface area (Å²) in [5, 5.41) is 8.63. The molecule has 0 aliphatic rings. The molecule has 2 rings (SSSR count). The maximum atomic E-state index is 12.5. The maximum Gasteiger partial charge on any atom is 0.246 e. The first kappa shape index (κ1) is 19.1. The predicted molar refractivity (Wildman–Crippen MR) is 102 cm³/mol. The molecular weight excluding hydrogens is 334 g/mol. The van der Waals surface area contributed by atoms with Crippen LogP contribution in [0.5, 0.6) is 11.5 Å². The van der Waals surface area contributed by atoms with Crippen LogP contribution >= 0.6 is 0 Å². The largest absolute Gasteiger partial charge is 0.495 e. The smallest absolute Gasteiger partial charge is 0.246 e. The van der Waals surface area contributed by atoms with Gasteiger partial charge in [0.05, 0.1) is 25.6 Å². The minimum Gasteiger partial charge on any atom is -0.495 e. The molecule has 2 aromatic carbocycles. The van der Waals surface area contributed by atoms with Crippen molar-refractivity contribution >= 4 is 28.9 Å². The van der Waals surface area contributed by atoms with Gasteiger partial charge in [0, 0.05) is 12.6 Å². The number of methoxy groups -OCH3 is 2. The van der Waals surface area contributed by atoms with Crippen LogP contribution in [0.3, 0.4) is 0 Å². The Morgan fingerprint density at radius 3 is 2.23 bits per heavy atom. The average molecular weight is 357 g/mol. The lowest BCUT2D eigenvalue weighted by atomic mass is 10.2. The third-order valence-corrected chi connectivity index (χ3v) is 3.65. The molecule has 2 aromatic rings. The van der Waals surface area contributed by atoms with Gasteiger partial charge in [-0.3, -0.25) is 9.59 Å². The van der Waals surface area contributed by atoms with E-state index in [0.717, 1.165) is 0 Å². The normalized spacial score (nSPS) is 11.2. The van der Waals surface area contributed by atoms with Crippen molar-refractivity contribution in [3.05, 3.63) is 42.5 Å². The molecule has 0 saturated heterocycles. The molecule has 7 heteroatoms. The van der Waals surface area contributed by atoms with E-state index in [4.69, 9.17) is 9.47 Å². The van der Waals surface area contributed by atoms with Crippen LogP contribution in [0.1, 0.15) is 13.8 Å². The summed E-state index contributed by atoms with van der Waals surface area (Å²) in [7, 11) is 3.09. The van der Waals surface area contributed by atoms with Crippen LogP contribution in [0, 0.1) is 0 Å². The molecule has 0 aliphatic carbocycles. The summed E-state index contributed by atoms with van der Waals surface area (Å²) >= 11 is 0. The van der Waals surface area contributed by atoms with E-state index in [2.05, 4.69) is 16.0 Å². The Morgan fingerprint density at radius 1 is 0.923 bits per heavy atom. The van der Waals surface area contributed by atoms with E-state index in [1.165, 1.54) is 14.0 Å². The Bertz CT molecular complexity index is 792. The fourth-order valence-corrected chi connectivity index (χ4v) is 2.39. The first-order chi connectivity index (χ1) is 12.4. The number of carbonyl (C=O) groups excluding carboxylic acids is 2. The second-order valence-electron chi connectivity index (χ2n) is 5.65. The van der Waals surface area contributed by atoms with Crippen molar-refractivity contribution in [1.29, 1.82) is 0 Å². The van der Waals surface area contributed by atoms with Crippen LogP contribution in [0.2, 0.25) is 0 Å². The van der Waals surface area contributed by atoms with E-state index in [-0.39, 0.29) is 11.8 Å². The fraction of sp³-hybridized carbons (Fsp3) is 0.263. The van der Waals surface area contributed by atoms with Gasteiger partial charge in [0.1, 0.15) is 17.5 Å². The lowest BCUT2D eigenvalue weighted by Crippen LogP contribution is -2.32. The number of rotatable bonds is 7. The predicted octanol–water partition coefficient (Wildman–Crippen LogP) is 3.10. The van der Waals surface area contributed by atoms with Crippen molar-refractivity contribution < 1.29 is 19.1 Å². The molecule has 0 spiro atoms.